The highest BCUT2D eigenvalue weighted by atomic mass is 19.1. The third-order valence-corrected chi connectivity index (χ3v) is 2.31. The number of hydrogen-bond acceptors (Lipinski definition) is 3. The Labute approximate surface area is 98.7 Å². The Morgan fingerprint density at radius 3 is 2.65 bits per heavy atom. The van der Waals surface area contributed by atoms with Crippen molar-refractivity contribution in [3.8, 4) is 11.8 Å². The zero-order valence-electron chi connectivity index (χ0n) is 9.57. The third kappa shape index (κ3) is 2.94. The fourth-order valence-electron chi connectivity index (χ4n) is 1.30. The fraction of sp³-hybridized carbons (Fsp3) is 0.333. The van der Waals surface area contributed by atoms with Crippen LogP contribution in [0.2, 0.25) is 0 Å². The minimum atomic E-state index is -0.817. The molecule has 0 bridgehead atoms. The van der Waals surface area contributed by atoms with Gasteiger partial charge in [-0.3, -0.25) is 4.79 Å². The SMILES string of the molecule is CC(C)C(C#N)NC(=O)c1c(O)cccc1F. The third-order valence-electron chi connectivity index (χ3n) is 2.31. The lowest BCUT2D eigenvalue weighted by Crippen LogP contribution is -2.37. The van der Waals surface area contributed by atoms with Crippen molar-refractivity contribution in [1.82, 2.24) is 5.32 Å². The molecular formula is C12H13FN2O2. The second-order valence-corrected chi connectivity index (χ2v) is 3.96. The molecule has 1 unspecified atom stereocenters. The van der Waals surface area contributed by atoms with Crippen molar-refractivity contribution in [2.24, 2.45) is 5.92 Å². The second kappa shape index (κ2) is 5.30. The highest BCUT2D eigenvalue weighted by Gasteiger charge is 2.21. The number of phenols is 1. The average Bonchev–Trinajstić information content (AvgIpc) is 2.25. The van der Waals surface area contributed by atoms with Gasteiger partial charge in [0.1, 0.15) is 23.2 Å². The molecule has 0 aliphatic heterocycles. The number of carbonyl (C=O) groups excluding carboxylic acids is 1. The van der Waals surface area contributed by atoms with Crippen LogP contribution in [0.5, 0.6) is 5.75 Å². The number of benzene rings is 1. The maximum atomic E-state index is 13.4. The molecule has 1 aromatic rings. The van der Waals surface area contributed by atoms with Gasteiger partial charge >= 0.3 is 0 Å². The van der Waals surface area contributed by atoms with Crippen molar-refractivity contribution in [2.45, 2.75) is 19.9 Å². The molecule has 4 nitrogen and oxygen atoms in total. The largest absolute Gasteiger partial charge is 0.507 e. The Hall–Kier alpha value is -2.09. The molecule has 0 radical (unpaired) electrons. The van der Waals surface area contributed by atoms with Crippen molar-refractivity contribution in [2.75, 3.05) is 0 Å². The Bertz CT molecular complexity index is 446. The average molecular weight is 236 g/mol. The summed E-state index contributed by atoms with van der Waals surface area (Å²) in [5.41, 5.74) is -0.437. The summed E-state index contributed by atoms with van der Waals surface area (Å²) < 4.78 is 13.4. The summed E-state index contributed by atoms with van der Waals surface area (Å²) in [7, 11) is 0. The first kappa shape index (κ1) is 13.0. The molecular weight excluding hydrogens is 223 g/mol. The quantitative estimate of drug-likeness (QED) is 0.840. The molecule has 0 fully saturated rings. The summed E-state index contributed by atoms with van der Waals surface area (Å²) in [4.78, 5) is 11.7. The number of halogens is 1. The molecule has 1 atom stereocenters. The van der Waals surface area contributed by atoms with Crippen molar-refractivity contribution in [3.63, 3.8) is 0 Å². The predicted octanol–water partition coefficient (Wildman–Crippen LogP) is 1.81. The maximum absolute atomic E-state index is 13.4. The number of nitrogens with zero attached hydrogens (tertiary/aromatic N) is 1. The van der Waals surface area contributed by atoms with Crippen molar-refractivity contribution in [3.05, 3.63) is 29.6 Å². The molecule has 5 heteroatoms. The highest BCUT2D eigenvalue weighted by molar-refractivity contribution is 5.97. The van der Waals surface area contributed by atoms with Crippen LogP contribution in [0.4, 0.5) is 4.39 Å². The van der Waals surface area contributed by atoms with E-state index >= 15 is 0 Å². The van der Waals surface area contributed by atoms with Crippen LogP contribution in [-0.2, 0) is 0 Å². The zero-order chi connectivity index (χ0) is 13.0. The number of amides is 1. The van der Waals surface area contributed by atoms with E-state index in [0.29, 0.717) is 0 Å². The van der Waals surface area contributed by atoms with Gasteiger partial charge in [-0.1, -0.05) is 19.9 Å². The van der Waals surface area contributed by atoms with Crippen molar-refractivity contribution < 1.29 is 14.3 Å². The normalized spacial score (nSPS) is 11.9. The van der Waals surface area contributed by atoms with E-state index in [1.54, 1.807) is 13.8 Å². The van der Waals surface area contributed by atoms with Gasteiger partial charge in [0.25, 0.3) is 5.91 Å². The van der Waals surface area contributed by atoms with Crippen LogP contribution >= 0.6 is 0 Å². The van der Waals surface area contributed by atoms with Crippen LogP contribution in [-0.4, -0.2) is 17.1 Å². The summed E-state index contributed by atoms with van der Waals surface area (Å²) in [6, 6.07) is 4.77. The molecule has 0 saturated carbocycles. The van der Waals surface area contributed by atoms with E-state index in [2.05, 4.69) is 5.32 Å². The first-order valence-electron chi connectivity index (χ1n) is 5.15. The number of rotatable bonds is 3. The highest BCUT2D eigenvalue weighted by Crippen LogP contribution is 2.19. The van der Waals surface area contributed by atoms with Crippen LogP contribution in [0, 0.1) is 23.1 Å². The molecule has 90 valence electrons. The Balaban J connectivity index is 2.95. The van der Waals surface area contributed by atoms with Crippen LogP contribution in [0.3, 0.4) is 0 Å². The molecule has 0 aliphatic rings. The molecule has 17 heavy (non-hydrogen) atoms. The minimum absolute atomic E-state index is 0.0992. The van der Waals surface area contributed by atoms with E-state index < -0.39 is 29.1 Å². The molecule has 1 amide bonds. The summed E-state index contributed by atoms with van der Waals surface area (Å²) in [6.45, 7) is 3.52. The molecule has 1 aromatic carbocycles. The summed E-state index contributed by atoms with van der Waals surface area (Å²) in [5.74, 6) is -2.15. The van der Waals surface area contributed by atoms with Crippen LogP contribution in [0.1, 0.15) is 24.2 Å². The van der Waals surface area contributed by atoms with E-state index in [1.807, 2.05) is 6.07 Å². The molecule has 0 aliphatic carbocycles. The Kier molecular flexibility index (Phi) is 4.05. The van der Waals surface area contributed by atoms with Gasteiger partial charge in [0.05, 0.1) is 6.07 Å². The smallest absolute Gasteiger partial charge is 0.259 e. The minimum Gasteiger partial charge on any atom is -0.507 e. The van der Waals surface area contributed by atoms with Crippen molar-refractivity contribution in [1.29, 1.82) is 5.26 Å². The molecule has 1 rings (SSSR count). The number of aromatic hydroxyl groups is 1. The van der Waals surface area contributed by atoms with Gasteiger partial charge in [-0.05, 0) is 18.1 Å². The van der Waals surface area contributed by atoms with E-state index in [0.717, 1.165) is 6.07 Å². The predicted molar refractivity (Wildman–Crippen MR) is 59.8 cm³/mol. The van der Waals surface area contributed by atoms with E-state index in [4.69, 9.17) is 5.26 Å². The van der Waals surface area contributed by atoms with Crippen LogP contribution < -0.4 is 5.32 Å². The molecule has 0 spiro atoms. The van der Waals surface area contributed by atoms with E-state index in [9.17, 15) is 14.3 Å². The number of nitrogens with one attached hydrogen (secondary N) is 1. The Morgan fingerprint density at radius 2 is 2.18 bits per heavy atom. The van der Waals surface area contributed by atoms with Gasteiger partial charge in [0.2, 0.25) is 0 Å². The number of carbonyl (C=O) groups is 1. The zero-order valence-corrected chi connectivity index (χ0v) is 9.57. The van der Waals surface area contributed by atoms with E-state index in [1.165, 1.54) is 12.1 Å². The first-order valence-corrected chi connectivity index (χ1v) is 5.15. The van der Waals surface area contributed by atoms with Crippen LogP contribution in [0.25, 0.3) is 0 Å². The monoisotopic (exact) mass is 236 g/mol. The lowest BCUT2D eigenvalue weighted by atomic mass is 10.1. The lowest BCUT2D eigenvalue weighted by molar-refractivity contribution is 0.0930. The van der Waals surface area contributed by atoms with Gasteiger partial charge in [-0.25, -0.2) is 4.39 Å². The molecule has 0 heterocycles. The topological polar surface area (TPSA) is 73.1 Å². The fourth-order valence-corrected chi connectivity index (χ4v) is 1.30. The lowest BCUT2D eigenvalue weighted by Gasteiger charge is -2.15. The van der Waals surface area contributed by atoms with Gasteiger partial charge in [0, 0.05) is 0 Å². The maximum Gasteiger partial charge on any atom is 0.259 e. The second-order valence-electron chi connectivity index (χ2n) is 3.96. The molecule has 0 saturated heterocycles. The van der Waals surface area contributed by atoms with Crippen LogP contribution in [0.15, 0.2) is 18.2 Å². The van der Waals surface area contributed by atoms with E-state index in [-0.39, 0.29) is 5.92 Å². The molecule has 0 aromatic heterocycles. The van der Waals surface area contributed by atoms with Gasteiger partial charge in [-0.2, -0.15) is 5.26 Å². The summed E-state index contributed by atoms with van der Waals surface area (Å²) >= 11 is 0. The Morgan fingerprint density at radius 1 is 1.53 bits per heavy atom. The number of phenolic OH excluding ortho intramolecular Hbond substituents is 1. The first-order chi connectivity index (χ1) is 7.97. The van der Waals surface area contributed by atoms with Gasteiger partial charge < -0.3 is 10.4 Å². The molecule has 2 N–H and O–H groups in total. The number of nitriles is 1. The van der Waals surface area contributed by atoms with Crippen molar-refractivity contribution >= 4 is 5.91 Å². The summed E-state index contributed by atoms with van der Waals surface area (Å²) in [6.07, 6.45) is 0. The van der Waals surface area contributed by atoms with Gasteiger partial charge in [-0.15, -0.1) is 0 Å². The summed E-state index contributed by atoms with van der Waals surface area (Å²) in [5, 5.41) is 20.6. The number of hydrogen-bond donors (Lipinski definition) is 2. The van der Waals surface area contributed by atoms with Gasteiger partial charge in [0.15, 0.2) is 0 Å². The standard InChI is InChI=1S/C12H13FN2O2/c1-7(2)9(6-14)15-12(17)11-8(13)4-3-5-10(11)16/h3-5,7,9,16H,1-2H3,(H,15,17).